The number of halogens is 7. The molecule has 0 aromatic carbocycles. The topological polar surface area (TPSA) is 78.9 Å². The number of hydrogen-bond acceptors (Lipinski definition) is 6. The zero-order valence-electron chi connectivity index (χ0n) is 13.7. The molecule has 156 valence electrons. The minimum atomic E-state index is -5.31. The predicted molar refractivity (Wildman–Crippen MR) is 83.7 cm³/mol. The Hall–Kier alpha value is -1.28. The molecule has 0 aromatic rings. The van der Waals surface area contributed by atoms with Crippen molar-refractivity contribution in [1.29, 1.82) is 0 Å². The molecule has 1 fully saturated rings. The molecule has 1 saturated carbocycles. The van der Waals surface area contributed by atoms with Gasteiger partial charge in [-0.15, -0.1) is 0 Å². The highest BCUT2D eigenvalue weighted by Crippen LogP contribution is 2.31. The number of carbonyl (C=O) groups is 3. The van der Waals surface area contributed by atoms with E-state index in [1.807, 2.05) is 0 Å². The van der Waals surface area contributed by atoms with Crippen LogP contribution in [0.4, 0.5) is 26.3 Å². The fourth-order valence-corrected chi connectivity index (χ4v) is 2.44. The number of rotatable bonds is 5. The number of alkyl halides is 7. The minimum Gasteiger partial charge on any atom is -0.461 e. The molecule has 0 aromatic heterocycles. The maximum atomic E-state index is 12.3. The lowest BCUT2D eigenvalue weighted by molar-refractivity contribution is -0.217. The fourth-order valence-electron chi connectivity index (χ4n) is 2.30. The van der Waals surface area contributed by atoms with Crippen molar-refractivity contribution in [2.24, 2.45) is 0 Å². The van der Waals surface area contributed by atoms with E-state index in [0.717, 1.165) is 0 Å². The van der Waals surface area contributed by atoms with Gasteiger partial charge in [-0.2, -0.15) is 26.3 Å². The summed E-state index contributed by atoms with van der Waals surface area (Å²) in [7, 11) is 0. The van der Waals surface area contributed by atoms with E-state index >= 15 is 0 Å². The number of esters is 3. The molecule has 6 nitrogen and oxygen atoms in total. The molecule has 0 aliphatic heterocycles. The van der Waals surface area contributed by atoms with Crippen LogP contribution in [0, 0.1) is 0 Å². The lowest BCUT2D eigenvalue weighted by Gasteiger charge is -2.34. The van der Waals surface area contributed by atoms with Crippen molar-refractivity contribution in [3.8, 4) is 0 Å². The van der Waals surface area contributed by atoms with Gasteiger partial charge in [-0.1, -0.05) is 29.5 Å². The molecule has 0 N–H and O–H groups in total. The molecular formula is C14H15F6IO6. The first-order valence-electron chi connectivity index (χ1n) is 7.64. The number of carbonyl (C=O) groups excluding carboxylic acids is 3. The summed E-state index contributed by atoms with van der Waals surface area (Å²) in [6, 6.07) is 0. The van der Waals surface area contributed by atoms with Crippen LogP contribution in [0.3, 0.4) is 0 Å². The van der Waals surface area contributed by atoms with Crippen LogP contribution >= 0.6 is 22.6 Å². The Balaban J connectivity index is 2.86. The van der Waals surface area contributed by atoms with E-state index in [1.165, 1.54) is 0 Å². The molecule has 0 spiro atoms. The normalized spacial score (nSPS) is 24.7. The first kappa shape index (κ1) is 23.8. The molecule has 1 rings (SSSR count). The minimum absolute atomic E-state index is 0.360. The second-order valence-electron chi connectivity index (χ2n) is 5.69. The van der Waals surface area contributed by atoms with Crippen molar-refractivity contribution in [2.45, 2.75) is 67.2 Å². The van der Waals surface area contributed by atoms with E-state index in [9.17, 15) is 40.7 Å². The van der Waals surface area contributed by atoms with Crippen LogP contribution in [0.2, 0.25) is 0 Å². The largest absolute Gasteiger partial charge is 0.490 e. The SMILES string of the molecule is CCC(I)C(=O)OC1CC(OC(=O)C(F)(F)F)CC(OC(=O)C(F)(F)F)C1. The summed E-state index contributed by atoms with van der Waals surface area (Å²) in [5, 5.41) is 0. The Bertz CT molecular complexity index is 527. The molecule has 0 bridgehead atoms. The first-order chi connectivity index (χ1) is 12.2. The molecule has 0 radical (unpaired) electrons. The van der Waals surface area contributed by atoms with E-state index in [-0.39, 0.29) is 12.8 Å². The van der Waals surface area contributed by atoms with Gasteiger partial charge in [0.2, 0.25) is 0 Å². The Morgan fingerprint density at radius 2 is 1.19 bits per heavy atom. The van der Waals surface area contributed by atoms with Crippen LogP contribution < -0.4 is 0 Å². The van der Waals surface area contributed by atoms with E-state index < -0.39 is 58.9 Å². The van der Waals surface area contributed by atoms with Gasteiger partial charge >= 0.3 is 30.3 Å². The molecule has 1 aliphatic rings. The van der Waals surface area contributed by atoms with E-state index in [2.05, 4.69) is 9.47 Å². The summed E-state index contributed by atoms with van der Waals surface area (Å²) in [4.78, 5) is 33.7. The maximum Gasteiger partial charge on any atom is 0.490 e. The average molecular weight is 520 g/mol. The van der Waals surface area contributed by atoms with Crippen molar-refractivity contribution in [1.82, 2.24) is 0 Å². The van der Waals surface area contributed by atoms with Gasteiger partial charge in [0.1, 0.15) is 22.2 Å². The summed E-state index contributed by atoms with van der Waals surface area (Å²) in [5.74, 6) is -5.81. The predicted octanol–water partition coefficient (Wildman–Crippen LogP) is 3.24. The summed E-state index contributed by atoms with van der Waals surface area (Å²) in [5.41, 5.74) is 0. The van der Waals surface area contributed by atoms with Crippen LogP contribution in [-0.4, -0.2) is 52.5 Å². The number of ether oxygens (including phenoxy) is 3. The van der Waals surface area contributed by atoms with Crippen LogP contribution in [0.15, 0.2) is 0 Å². The van der Waals surface area contributed by atoms with Gasteiger partial charge in [-0.05, 0) is 6.42 Å². The molecule has 13 heteroatoms. The Kier molecular flexibility index (Phi) is 8.16. The van der Waals surface area contributed by atoms with Gasteiger partial charge in [0, 0.05) is 19.3 Å². The van der Waals surface area contributed by atoms with Gasteiger partial charge in [-0.3, -0.25) is 4.79 Å². The summed E-state index contributed by atoms with van der Waals surface area (Å²) in [6.07, 6.45) is -15.8. The van der Waals surface area contributed by atoms with Crippen LogP contribution in [0.5, 0.6) is 0 Å². The third-order valence-corrected chi connectivity index (χ3v) is 4.87. The van der Waals surface area contributed by atoms with E-state index in [4.69, 9.17) is 4.74 Å². The van der Waals surface area contributed by atoms with Crippen molar-refractivity contribution in [3.05, 3.63) is 0 Å². The molecule has 1 aliphatic carbocycles. The molecule has 0 saturated heterocycles. The van der Waals surface area contributed by atoms with Crippen LogP contribution in [-0.2, 0) is 28.6 Å². The van der Waals surface area contributed by atoms with Crippen molar-refractivity contribution in [2.75, 3.05) is 0 Å². The highest BCUT2D eigenvalue weighted by molar-refractivity contribution is 14.1. The first-order valence-corrected chi connectivity index (χ1v) is 8.88. The van der Waals surface area contributed by atoms with Gasteiger partial charge in [0.05, 0.1) is 0 Å². The summed E-state index contributed by atoms with van der Waals surface area (Å²) in [6.45, 7) is 1.67. The standard InChI is InChI=1S/C14H15F6IO6/c1-2-9(21)10(22)25-6-3-7(26-11(23)13(15,16)17)5-8(4-6)27-12(24)14(18,19)20/h6-9H,2-5H2,1H3. The zero-order chi connectivity index (χ0) is 21.0. The maximum absolute atomic E-state index is 12.3. The van der Waals surface area contributed by atoms with Crippen molar-refractivity contribution in [3.63, 3.8) is 0 Å². The molecule has 0 amide bonds. The lowest BCUT2D eigenvalue weighted by atomic mass is 9.92. The van der Waals surface area contributed by atoms with Gasteiger partial charge in [0.15, 0.2) is 0 Å². The zero-order valence-corrected chi connectivity index (χ0v) is 15.9. The van der Waals surface area contributed by atoms with E-state index in [0.29, 0.717) is 6.42 Å². The molecule has 3 atom stereocenters. The average Bonchev–Trinajstić information content (AvgIpc) is 2.51. The quantitative estimate of drug-likeness (QED) is 0.182. The summed E-state index contributed by atoms with van der Waals surface area (Å²) < 4.78 is 86.9. The molecule has 3 unspecified atom stereocenters. The summed E-state index contributed by atoms with van der Waals surface area (Å²) >= 11 is 1.76. The number of hydrogen-bond donors (Lipinski definition) is 0. The van der Waals surface area contributed by atoms with Gasteiger partial charge in [0.25, 0.3) is 0 Å². The van der Waals surface area contributed by atoms with Gasteiger partial charge < -0.3 is 14.2 Å². The Morgan fingerprint density at radius 1 is 0.852 bits per heavy atom. The van der Waals surface area contributed by atoms with Crippen molar-refractivity contribution < 1.29 is 54.9 Å². The van der Waals surface area contributed by atoms with E-state index in [1.54, 1.807) is 29.5 Å². The molecule has 0 heterocycles. The second kappa shape index (κ2) is 9.28. The monoisotopic (exact) mass is 520 g/mol. The third-order valence-electron chi connectivity index (χ3n) is 3.48. The highest BCUT2D eigenvalue weighted by atomic mass is 127. The van der Waals surface area contributed by atoms with Crippen LogP contribution in [0.1, 0.15) is 32.6 Å². The lowest BCUT2D eigenvalue weighted by Crippen LogP contribution is -2.43. The Labute approximate surface area is 163 Å². The smallest absolute Gasteiger partial charge is 0.461 e. The fraction of sp³-hybridized carbons (Fsp3) is 0.786. The highest BCUT2D eigenvalue weighted by Gasteiger charge is 2.47. The van der Waals surface area contributed by atoms with Gasteiger partial charge in [-0.25, -0.2) is 9.59 Å². The Morgan fingerprint density at radius 3 is 1.48 bits per heavy atom. The van der Waals surface area contributed by atoms with Crippen molar-refractivity contribution >= 4 is 40.5 Å². The molecular weight excluding hydrogens is 505 g/mol. The molecule has 27 heavy (non-hydrogen) atoms. The second-order valence-corrected chi connectivity index (χ2v) is 7.20. The third kappa shape index (κ3) is 7.70. The van der Waals surface area contributed by atoms with Crippen LogP contribution in [0.25, 0.3) is 0 Å².